The SMILES string of the molecule is Cc1cc(C)cc(C(=O)NC(=S)Nc2cccc([N+](=O)[O-])c2)c1. The van der Waals surface area contributed by atoms with E-state index in [9.17, 15) is 14.9 Å². The lowest BCUT2D eigenvalue weighted by atomic mass is 10.1. The average molecular weight is 329 g/mol. The normalized spacial score (nSPS) is 10.0. The van der Waals surface area contributed by atoms with Crippen LogP contribution in [-0.2, 0) is 0 Å². The van der Waals surface area contributed by atoms with Gasteiger partial charge in [0.1, 0.15) is 0 Å². The predicted octanol–water partition coefficient (Wildman–Crippen LogP) is 3.34. The number of anilines is 1. The monoisotopic (exact) mass is 329 g/mol. The number of nitrogens with zero attached hydrogens (tertiary/aromatic N) is 1. The topological polar surface area (TPSA) is 84.3 Å². The van der Waals surface area contributed by atoms with Crippen molar-refractivity contribution >= 4 is 34.6 Å². The summed E-state index contributed by atoms with van der Waals surface area (Å²) in [4.78, 5) is 22.4. The molecule has 0 bridgehead atoms. The number of aryl methyl sites for hydroxylation is 2. The van der Waals surface area contributed by atoms with Gasteiger partial charge in [0.25, 0.3) is 11.6 Å². The number of hydrogen-bond acceptors (Lipinski definition) is 4. The summed E-state index contributed by atoms with van der Waals surface area (Å²) in [6.45, 7) is 3.81. The minimum Gasteiger partial charge on any atom is -0.332 e. The van der Waals surface area contributed by atoms with Crippen molar-refractivity contribution in [2.75, 3.05) is 5.32 Å². The van der Waals surface area contributed by atoms with Gasteiger partial charge in [0.2, 0.25) is 0 Å². The maximum Gasteiger partial charge on any atom is 0.271 e. The lowest BCUT2D eigenvalue weighted by Gasteiger charge is -2.10. The number of nitrogens with one attached hydrogen (secondary N) is 2. The van der Waals surface area contributed by atoms with E-state index in [2.05, 4.69) is 10.6 Å². The first-order chi connectivity index (χ1) is 10.8. The van der Waals surface area contributed by atoms with Crippen LogP contribution in [0.1, 0.15) is 21.5 Å². The van der Waals surface area contributed by atoms with Crippen LogP contribution in [0.15, 0.2) is 42.5 Å². The fraction of sp³-hybridized carbons (Fsp3) is 0.125. The summed E-state index contributed by atoms with van der Waals surface area (Å²) < 4.78 is 0. The van der Waals surface area contributed by atoms with Crippen molar-refractivity contribution in [3.05, 3.63) is 69.3 Å². The van der Waals surface area contributed by atoms with Crippen molar-refractivity contribution in [3.63, 3.8) is 0 Å². The molecule has 0 aliphatic carbocycles. The van der Waals surface area contributed by atoms with Gasteiger partial charge in [-0.05, 0) is 44.3 Å². The maximum absolute atomic E-state index is 12.2. The van der Waals surface area contributed by atoms with E-state index in [0.717, 1.165) is 11.1 Å². The third-order valence-corrected chi connectivity index (χ3v) is 3.23. The number of amides is 1. The number of non-ortho nitro benzene ring substituents is 1. The Kier molecular flexibility index (Phi) is 5.02. The third-order valence-electron chi connectivity index (χ3n) is 3.03. The molecule has 0 aliphatic heterocycles. The van der Waals surface area contributed by atoms with Gasteiger partial charge in [0.15, 0.2) is 5.11 Å². The van der Waals surface area contributed by atoms with Crippen LogP contribution in [-0.4, -0.2) is 15.9 Å². The van der Waals surface area contributed by atoms with Gasteiger partial charge in [0, 0.05) is 23.4 Å². The van der Waals surface area contributed by atoms with Crippen molar-refractivity contribution < 1.29 is 9.72 Å². The van der Waals surface area contributed by atoms with Crippen molar-refractivity contribution in [1.82, 2.24) is 5.32 Å². The first-order valence-corrected chi connectivity index (χ1v) is 7.21. The quantitative estimate of drug-likeness (QED) is 0.512. The molecule has 23 heavy (non-hydrogen) atoms. The van der Waals surface area contributed by atoms with Gasteiger partial charge in [0.05, 0.1) is 4.92 Å². The number of benzene rings is 2. The van der Waals surface area contributed by atoms with Gasteiger partial charge in [-0.1, -0.05) is 23.3 Å². The zero-order chi connectivity index (χ0) is 17.0. The Hall–Kier alpha value is -2.80. The summed E-state index contributed by atoms with van der Waals surface area (Å²) in [5.74, 6) is -0.334. The van der Waals surface area contributed by atoms with E-state index < -0.39 is 4.92 Å². The Balaban J connectivity index is 2.05. The van der Waals surface area contributed by atoms with Crippen molar-refractivity contribution in [2.45, 2.75) is 13.8 Å². The molecule has 2 N–H and O–H groups in total. The lowest BCUT2D eigenvalue weighted by molar-refractivity contribution is -0.384. The largest absolute Gasteiger partial charge is 0.332 e. The average Bonchev–Trinajstić information content (AvgIpc) is 2.46. The Morgan fingerprint density at radius 2 is 1.78 bits per heavy atom. The molecule has 0 fully saturated rings. The first-order valence-electron chi connectivity index (χ1n) is 6.80. The van der Waals surface area contributed by atoms with Crippen LogP contribution < -0.4 is 10.6 Å². The van der Waals surface area contributed by atoms with Gasteiger partial charge in [-0.3, -0.25) is 20.2 Å². The molecule has 2 rings (SSSR count). The highest BCUT2D eigenvalue weighted by Gasteiger charge is 2.10. The summed E-state index contributed by atoms with van der Waals surface area (Å²) >= 11 is 5.07. The van der Waals surface area contributed by atoms with Crippen LogP contribution in [0, 0.1) is 24.0 Å². The van der Waals surface area contributed by atoms with Crippen molar-refractivity contribution in [3.8, 4) is 0 Å². The zero-order valence-electron chi connectivity index (χ0n) is 12.6. The van der Waals surface area contributed by atoms with E-state index in [0.29, 0.717) is 11.3 Å². The molecule has 0 aliphatic rings. The molecule has 0 aromatic heterocycles. The van der Waals surface area contributed by atoms with E-state index in [1.54, 1.807) is 18.2 Å². The fourth-order valence-corrected chi connectivity index (χ4v) is 2.35. The summed E-state index contributed by atoms with van der Waals surface area (Å²) in [6, 6.07) is 11.4. The summed E-state index contributed by atoms with van der Waals surface area (Å²) in [5, 5.41) is 16.1. The number of hydrogen-bond donors (Lipinski definition) is 2. The minimum absolute atomic E-state index is 0.0570. The summed E-state index contributed by atoms with van der Waals surface area (Å²) in [7, 11) is 0. The van der Waals surface area contributed by atoms with Gasteiger partial charge in [-0.2, -0.15) is 0 Å². The van der Waals surface area contributed by atoms with Crippen LogP contribution in [0.2, 0.25) is 0 Å². The zero-order valence-corrected chi connectivity index (χ0v) is 13.4. The lowest BCUT2D eigenvalue weighted by Crippen LogP contribution is -2.34. The molecular weight excluding hydrogens is 314 g/mol. The summed E-state index contributed by atoms with van der Waals surface area (Å²) in [5.41, 5.74) is 2.84. The fourth-order valence-electron chi connectivity index (χ4n) is 2.14. The molecule has 1 amide bonds. The van der Waals surface area contributed by atoms with E-state index in [-0.39, 0.29) is 16.7 Å². The van der Waals surface area contributed by atoms with Gasteiger partial charge in [-0.25, -0.2) is 0 Å². The molecule has 0 saturated carbocycles. The Bertz CT molecular complexity index is 770. The van der Waals surface area contributed by atoms with Crippen LogP contribution in [0.3, 0.4) is 0 Å². The number of carbonyl (C=O) groups is 1. The van der Waals surface area contributed by atoms with Crippen LogP contribution in [0.4, 0.5) is 11.4 Å². The molecule has 0 spiro atoms. The second-order valence-electron chi connectivity index (χ2n) is 5.09. The highest BCUT2D eigenvalue weighted by molar-refractivity contribution is 7.80. The molecule has 0 heterocycles. The van der Waals surface area contributed by atoms with E-state index in [4.69, 9.17) is 12.2 Å². The van der Waals surface area contributed by atoms with E-state index in [1.807, 2.05) is 19.9 Å². The summed E-state index contributed by atoms with van der Waals surface area (Å²) in [6.07, 6.45) is 0. The third kappa shape index (κ3) is 4.58. The molecule has 2 aromatic rings. The maximum atomic E-state index is 12.2. The van der Waals surface area contributed by atoms with Crippen LogP contribution in [0.5, 0.6) is 0 Å². The second kappa shape index (κ2) is 6.97. The highest BCUT2D eigenvalue weighted by Crippen LogP contribution is 2.17. The molecule has 0 unspecified atom stereocenters. The molecule has 7 heteroatoms. The number of thiocarbonyl (C=S) groups is 1. The molecule has 0 saturated heterocycles. The second-order valence-corrected chi connectivity index (χ2v) is 5.50. The molecule has 0 atom stereocenters. The molecule has 2 aromatic carbocycles. The smallest absolute Gasteiger partial charge is 0.271 e. The Morgan fingerprint density at radius 1 is 1.13 bits per heavy atom. The molecule has 6 nitrogen and oxygen atoms in total. The van der Waals surface area contributed by atoms with Crippen molar-refractivity contribution in [2.24, 2.45) is 0 Å². The van der Waals surface area contributed by atoms with Gasteiger partial charge >= 0.3 is 0 Å². The Morgan fingerprint density at radius 3 is 2.39 bits per heavy atom. The van der Waals surface area contributed by atoms with Crippen LogP contribution >= 0.6 is 12.2 Å². The number of nitro groups is 1. The molecular formula is C16H15N3O3S. The van der Waals surface area contributed by atoms with E-state index >= 15 is 0 Å². The van der Waals surface area contributed by atoms with Gasteiger partial charge in [-0.15, -0.1) is 0 Å². The van der Waals surface area contributed by atoms with Gasteiger partial charge < -0.3 is 5.32 Å². The first kappa shape index (κ1) is 16.6. The number of rotatable bonds is 3. The number of nitro benzene ring substituents is 1. The molecule has 0 radical (unpaired) electrons. The predicted molar refractivity (Wildman–Crippen MR) is 92.7 cm³/mol. The van der Waals surface area contributed by atoms with Crippen molar-refractivity contribution in [1.29, 1.82) is 0 Å². The molecule has 118 valence electrons. The van der Waals surface area contributed by atoms with Crippen LogP contribution in [0.25, 0.3) is 0 Å². The minimum atomic E-state index is -0.498. The Labute approximate surface area is 138 Å². The number of carbonyl (C=O) groups excluding carboxylic acids is 1. The van der Waals surface area contributed by atoms with E-state index in [1.165, 1.54) is 18.2 Å². The standard InChI is InChI=1S/C16H15N3O3S/c1-10-6-11(2)8-12(7-10)15(20)18-16(23)17-13-4-3-5-14(9-13)19(21)22/h3-9H,1-2H3,(H2,17,18,20,23). The highest BCUT2D eigenvalue weighted by atomic mass is 32.1.